The molecule has 1 aliphatic carbocycles. The lowest BCUT2D eigenvalue weighted by Crippen LogP contribution is -2.17. The molecular formula is C18H19NO2. The largest absolute Gasteiger partial charge is 0.481 e. The van der Waals surface area contributed by atoms with Crippen LogP contribution in [-0.2, 0) is 17.8 Å². The minimum absolute atomic E-state index is 0.502. The van der Waals surface area contributed by atoms with Crippen molar-refractivity contribution in [3.63, 3.8) is 0 Å². The molecule has 0 unspecified atom stereocenters. The zero-order chi connectivity index (χ0) is 14.7. The van der Waals surface area contributed by atoms with E-state index in [9.17, 15) is 9.90 Å². The van der Waals surface area contributed by atoms with Crippen molar-refractivity contribution in [2.24, 2.45) is 5.41 Å². The molecule has 2 aromatic rings. The van der Waals surface area contributed by atoms with E-state index in [4.69, 9.17) is 0 Å². The molecule has 0 atom stereocenters. The monoisotopic (exact) mass is 281 g/mol. The Balaban J connectivity index is 1.65. The second kappa shape index (κ2) is 5.60. The van der Waals surface area contributed by atoms with Gasteiger partial charge in [-0.05, 0) is 42.5 Å². The second-order valence-electron chi connectivity index (χ2n) is 5.80. The summed E-state index contributed by atoms with van der Waals surface area (Å²) in [5.41, 5.74) is 2.86. The average molecular weight is 281 g/mol. The third kappa shape index (κ3) is 3.24. The van der Waals surface area contributed by atoms with Gasteiger partial charge in [-0.15, -0.1) is 0 Å². The molecule has 0 spiro atoms. The topological polar surface area (TPSA) is 49.3 Å². The van der Waals surface area contributed by atoms with Crippen LogP contribution in [0.3, 0.4) is 0 Å². The van der Waals surface area contributed by atoms with Crippen molar-refractivity contribution in [1.29, 1.82) is 0 Å². The van der Waals surface area contributed by atoms with Gasteiger partial charge in [-0.25, -0.2) is 0 Å². The summed E-state index contributed by atoms with van der Waals surface area (Å²) in [7, 11) is 0. The maximum absolute atomic E-state index is 11.3. The summed E-state index contributed by atoms with van der Waals surface area (Å²) in [6.45, 7) is 0.772. The molecule has 3 nitrogen and oxygen atoms in total. The molecule has 0 radical (unpaired) electrons. The molecule has 0 aliphatic heterocycles. The van der Waals surface area contributed by atoms with Crippen LogP contribution in [0.2, 0.25) is 0 Å². The van der Waals surface area contributed by atoms with Gasteiger partial charge in [0.05, 0.1) is 5.41 Å². The number of hydrogen-bond acceptors (Lipinski definition) is 2. The highest BCUT2D eigenvalue weighted by atomic mass is 16.4. The summed E-state index contributed by atoms with van der Waals surface area (Å²) in [4.78, 5) is 11.3. The van der Waals surface area contributed by atoms with Gasteiger partial charge in [0.15, 0.2) is 0 Å². The van der Waals surface area contributed by atoms with Crippen LogP contribution < -0.4 is 5.32 Å². The van der Waals surface area contributed by atoms with Crippen molar-refractivity contribution < 1.29 is 9.90 Å². The smallest absolute Gasteiger partial charge is 0.309 e. The van der Waals surface area contributed by atoms with E-state index in [0.29, 0.717) is 6.42 Å². The lowest BCUT2D eigenvalue weighted by Gasteiger charge is -2.12. The fourth-order valence-electron chi connectivity index (χ4n) is 2.60. The Morgan fingerprint density at radius 2 is 1.76 bits per heavy atom. The van der Waals surface area contributed by atoms with Gasteiger partial charge in [0.25, 0.3) is 0 Å². The van der Waals surface area contributed by atoms with Gasteiger partial charge >= 0.3 is 5.97 Å². The highest BCUT2D eigenvalue weighted by molar-refractivity contribution is 5.78. The maximum Gasteiger partial charge on any atom is 0.309 e. The van der Waals surface area contributed by atoms with Crippen molar-refractivity contribution in [1.82, 2.24) is 0 Å². The minimum atomic E-state index is -0.662. The average Bonchev–Trinajstić information content (AvgIpc) is 3.28. The van der Waals surface area contributed by atoms with Gasteiger partial charge in [0, 0.05) is 12.2 Å². The Bertz CT molecular complexity index is 633. The first-order valence-electron chi connectivity index (χ1n) is 7.28. The van der Waals surface area contributed by atoms with Crippen LogP contribution in [0.15, 0.2) is 54.6 Å². The summed E-state index contributed by atoms with van der Waals surface area (Å²) < 4.78 is 0. The van der Waals surface area contributed by atoms with E-state index < -0.39 is 11.4 Å². The Morgan fingerprint density at radius 3 is 2.43 bits per heavy atom. The lowest BCUT2D eigenvalue weighted by atomic mass is 9.96. The quantitative estimate of drug-likeness (QED) is 0.848. The van der Waals surface area contributed by atoms with Crippen molar-refractivity contribution in [2.45, 2.75) is 25.8 Å². The van der Waals surface area contributed by atoms with Crippen molar-refractivity contribution in [3.8, 4) is 0 Å². The first kappa shape index (κ1) is 13.7. The number of hydrogen-bond donors (Lipinski definition) is 2. The third-order valence-electron chi connectivity index (χ3n) is 4.12. The van der Waals surface area contributed by atoms with Crippen molar-refractivity contribution >= 4 is 11.7 Å². The molecule has 2 aromatic carbocycles. The zero-order valence-corrected chi connectivity index (χ0v) is 11.9. The molecule has 108 valence electrons. The number of carboxylic acid groups (broad SMARTS) is 1. The van der Waals surface area contributed by atoms with E-state index in [1.165, 1.54) is 5.56 Å². The van der Waals surface area contributed by atoms with E-state index in [0.717, 1.165) is 30.6 Å². The molecule has 3 rings (SSSR count). The fraction of sp³-hybridized carbons (Fsp3) is 0.278. The van der Waals surface area contributed by atoms with E-state index in [1.807, 2.05) is 36.4 Å². The molecule has 3 heteroatoms. The zero-order valence-electron chi connectivity index (χ0n) is 11.9. The number of anilines is 1. The predicted molar refractivity (Wildman–Crippen MR) is 83.2 cm³/mol. The predicted octanol–water partition coefficient (Wildman–Crippen LogP) is 3.71. The van der Waals surface area contributed by atoms with Crippen LogP contribution in [0.1, 0.15) is 24.0 Å². The van der Waals surface area contributed by atoms with Crippen LogP contribution in [-0.4, -0.2) is 11.1 Å². The van der Waals surface area contributed by atoms with Gasteiger partial charge in [-0.2, -0.15) is 0 Å². The Morgan fingerprint density at radius 1 is 1.05 bits per heavy atom. The number of carboxylic acids is 1. The Hall–Kier alpha value is -2.29. The van der Waals surface area contributed by atoms with Crippen molar-refractivity contribution in [2.75, 3.05) is 5.32 Å². The van der Waals surface area contributed by atoms with Crippen LogP contribution in [0.5, 0.6) is 0 Å². The van der Waals surface area contributed by atoms with Crippen LogP contribution in [0.25, 0.3) is 0 Å². The molecule has 0 bridgehead atoms. The first-order chi connectivity index (χ1) is 10.2. The highest BCUT2D eigenvalue weighted by Gasteiger charge is 2.49. The number of benzene rings is 2. The second-order valence-corrected chi connectivity index (χ2v) is 5.80. The number of rotatable bonds is 6. The molecule has 1 fully saturated rings. The molecular weight excluding hydrogens is 262 g/mol. The van der Waals surface area contributed by atoms with Gasteiger partial charge in [-0.1, -0.05) is 42.5 Å². The Labute approximate surface area is 124 Å². The van der Waals surface area contributed by atoms with E-state index >= 15 is 0 Å². The van der Waals surface area contributed by atoms with Gasteiger partial charge in [-0.3, -0.25) is 4.79 Å². The number of nitrogens with one attached hydrogen (secondary N) is 1. The standard InChI is InChI=1S/C18H19NO2/c20-17(21)18(9-10-18)12-15-7-4-8-16(11-15)19-13-14-5-2-1-3-6-14/h1-8,11,19H,9-10,12-13H2,(H,20,21). The van der Waals surface area contributed by atoms with Crippen LogP contribution in [0, 0.1) is 5.41 Å². The SMILES string of the molecule is O=C(O)C1(Cc2cccc(NCc3ccccc3)c2)CC1. The molecule has 0 heterocycles. The molecule has 2 N–H and O–H groups in total. The Kier molecular flexibility index (Phi) is 3.65. The maximum atomic E-state index is 11.3. The van der Waals surface area contributed by atoms with Gasteiger partial charge in [0.2, 0.25) is 0 Å². The van der Waals surface area contributed by atoms with E-state index in [2.05, 4.69) is 23.5 Å². The molecule has 1 saturated carbocycles. The summed E-state index contributed by atoms with van der Waals surface area (Å²) in [5.74, 6) is -0.662. The molecule has 0 amide bonds. The molecule has 21 heavy (non-hydrogen) atoms. The van der Waals surface area contributed by atoms with Gasteiger partial charge in [0.1, 0.15) is 0 Å². The van der Waals surface area contributed by atoms with Crippen LogP contribution in [0.4, 0.5) is 5.69 Å². The van der Waals surface area contributed by atoms with Crippen LogP contribution >= 0.6 is 0 Å². The third-order valence-corrected chi connectivity index (χ3v) is 4.12. The van der Waals surface area contributed by atoms with E-state index in [1.54, 1.807) is 0 Å². The summed E-state index contributed by atoms with van der Waals surface area (Å²) in [6.07, 6.45) is 2.22. The van der Waals surface area contributed by atoms with Gasteiger partial charge < -0.3 is 10.4 Å². The number of aliphatic carboxylic acids is 1. The molecule has 0 aromatic heterocycles. The summed E-state index contributed by atoms with van der Waals surface area (Å²) >= 11 is 0. The first-order valence-corrected chi connectivity index (χ1v) is 7.28. The number of carbonyl (C=O) groups is 1. The lowest BCUT2D eigenvalue weighted by molar-refractivity contribution is -0.143. The highest BCUT2D eigenvalue weighted by Crippen LogP contribution is 2.48. The summed E-state index contributed by atoms with van der Waals surface area (Å²) in [5, 5.41) is 12.7. The molecule has 1 aliphatic rings. The molecule has 0 saturated heterocycles. The fourth-order valence-corrected chi connectivity index (χ4v) is 2.60. The van der Waals surface area contributed by atoms with E-state index in [-0.39, 0.29) is 0 Å². The minimum Gasteiger partial charge on any atom is -0.481 e. The normalized spacial score (nSPS) is 15.4. The summed E-state index contributed by atoms with van der Waals surface area (Å²) in [6, 6.07) is 18.3. The van der Waals surface area contributed by atoms with Crippen molar-refractivity contribution in [3.05, 3.63) is 65.7 Å².